The minimum Gasteiger partial charge on any atom is -0.853 e. The van der Waals surface area contributed by atoms with Crippen LogP contribution >= 0.6 is 0 Å². The molecule has 30 heavy (non-hydrogen) atoms. The van der Waals surface area contributed by atoms with E-state index in [0.29, 0.717) is 6.54 Å². The van der Waals surface area contributed by atoms with E-state index < -0.39 is 0 Å². The second-order valence-electron chi connectivity index (χ2n) is 7.84. The van der Waals surface area contributed by atoms with E-state index in [4.69, 9.17) is 5.73 Å². The van der Waals surface area contributed by atoms with Gasteiger partial charge in [-0.3, -0.25) is 4.79 Å². The van der Waals surface area contributed by atoms with Crippen molar-refractivity contribution < 1.29 is 65.4 Å². The number of fused-ring (bicyclic) bond motifs is 1. The maximum atomic E-state index is 13.5. The van der Waals surface area contributed by atoms with E-state index in [9.17, 15) is 19.4 Å². The van der Waals surface area contributed by atoms with Crippen molar-refractivity contribution in [3.63, 3.8) is 0 Å². The summed E-state index contributed by atoms with van der Waals surface area (Å²) in [7, 11) is 0. The summed E-state index contributed by atoms with van der Waals surface area (Å²) in [4.78, 5) is 27.2. The van der Waals surface area contributed by atoms with Crippen molar-refractivity contribution in [1.82, 2.24) is 4.90 Å². The van der Waals surface area contributed by atoms with Crippen molar-refractivity contribution in [3.05, 3.63) is 69.9 Å². The number of ketones is 1. The van der Waals surface area contributed by atoms with Crippen LogP contribution in [0.1, 0.15) is 59.2 Å². The molecule has 1 aliphatic carbocycles. The van der Waals surface area contributed by atoms with Gasteiger partial charge in [-0.05, 0) is 47.4 Å². The molecule has 0 spiro atoms. The van der Waals surface area contributed by atoms with Crippen LogP contribution in [0.2, 0.25) is 0 Å². The van der Waals surface area contributed by atoms with Crippen LogP contribution in [0.3, 0.4) is 0 Å². The summed E-state index contributed by atoms with van der Waals surface area (Å²) in [6.45, 7) is 0.647. The number of rotatable bonds is 4. The molecule has 2 aromatic rings. The fourth-order valence-electron chi connectivity index (χ4n) is 4.19. The van der Waals surface area contributed by atoms with E-state index in [-0.39, 0.29) is 104 Å². The standard InChI is InChI=1S/C23H22FN3O2.K/c24-18-8-6-16-12-27(13-17(16)10-18)23(29)19-11-15(7-9-20(19)25)21(26)22(28)14-4-2-1-3-5-14;/h6,8-11,14H,1-5,12-13,25H2;/q-2;+1. The van der Waals surface area contributed by atoms with Crippen LogP contribution < -0.4 is 57.1 Å². The number of Topliss-reactive ketones (excluding diaryl/α,β-unsaturated/α-hetero) is 1. The number of nitrogens with zero attached hydrogens (tertiary/aromatic N) is 2. The number of hydrogen-bond acceptors (Lipinski definition) is 3. The molecule has 1 fully saturated rings. The summed E-state index contributed by atoms with van der Waals surface area (Å²) >= 11 is 0. The molecule has 1 aliphatic heterocycles. The number of carbonyl (C=O) groups is 2. The molecule has 2 aromatic carbocycles. The van der Waals surface area contributed by atoms with Gasteiger partial charge in [0.25, 0.3) is 0 Å². The van der Waals surface area contributed by atoms with Crippen LogP contribution in [-0.2, 0) is 17.9 Å². The summed E-state index contributed by atoms with van der Waals surface area (Å²) in [6, 6.07) is 10.1. The number of halogens is 1. The minimum atomic E-state index is -0.363. The van der Waals surface area contributed by atoms with Crippen LogP contribution in [0.4, 0.5) is 10.1 Å². The molecule has 2 aliphatic rings. The minimum absolute atomic E-state index is 0. The first-order chi connectivity index (χ1) is 13.9. The Morgan fingerprint density at radius 3 is 2.53 bits per heavy atom. The van der Waals surface area contributed by atoms with Crippen LogP contribution in [0.25, 0.3) is 5.41 Å². The zero-order valence-electron chi connectivity index (χ0n) is 17.1. The van der Waals surface area contributed by atoms with Crippen molar-refractivity contribution in [2.45, 2.75) is 45.2 Å². The van der Waals surface area contributed by atoms with Gasteiger partial charge in [0.05, 0.1) is 0 Å². The van der Waals surface area contributed by atoms with Gasteiger partial charge < -0.3 is 20.8 Å². The Bertz CT molecular complexity index is 1000. The molecule has 7 heteroatoms. The second-order valence-corrected chi connectivity index (χ2v) is 7.84. The SMILES string of the molecule is [K+].[N-]=C(C(=O)C1CCCCC1)c1[c-]cc(N)c(C(=O)N2Cc3ccc(F)cc3C2)c1. The summed E-state index contributed by atoms with van der Waals surface area (Å²) in [5.74, 6) is -1.15. The zero-order valence-corrected chi connectivity index (χ0v) is 20.2. The first kappa shape index (κ1) is 23.3. The molecule has 5 nitrogen and oxygen atoms in total. The predicted molar refractivity (Wildman–Crippen MR) is 109 cm³/mol. The molecule has 0 unspecified atom stereocenters. The van der Waals surface area contributed by atoms with Crippen molar-refractivity contribution in [1.29, 1.82) is 0 Å². The van der Waals surface area contributed by atoms with Crippen LogP contribution in [0.5, 0.6) is 0 Å². The van der Waals surface area contributed by atoms with Gasteiger partial charge in [-0.1, -0.05) is 25.3 Å². The smallest absolute Gasteiger partial charge is 0.853 e. The third-order valence-electron chi connectivity index (χ3n) is 5.86. The molecule has 0 aromatic heterocycles. The van der Waals surface area contributed by atoms with E-state index in [1.54, 1.807) is 11.0 Å². The summed E-state index contributed by atoms with van der Waals surface area (Å²) < 4.78 is 13.5. The van der Waals surface area contributed by atoms with E-state index in [2.05, 4.69) is 6.07 Å². The third-order valence-corrected chi connectivity index (χ3v) is 5.86. The number of anilines is 1. The van der Waals surface area contributed by atoms with Gasteiger partial charge in [-0.15, -0.1) is 18.2 Å². The molecular formula is C23H22FKN3O2-. The fourth-order valence-corrected chi connectivity index (χ4v) is 4.19. The third kappa shape index (κ3) is 4.75. The molecular weight excluding hydrogens is 408 g/mol. The summed E-state index contributed by atoms with van der Waals surface area (Å²) in [6.07, 6.45) is 4.61. The van der Waals surface area contributed by atoms with Crippen LogP contribution in [-0.4, -0.2) is 22.3 Å². The molecule has 1 heterocycles. The van der Waals surface area contributed by atoms with Gasteiger partial charge >= 0.3 is 51.4 Å². The van der Waals surface area contributed by atoms with Crippen molar-refractivity contribution >= 4 is 23.1 Å². The van der Waals surface area contributed by atoms with E-state index in [0.717, 1.165) is 43.2 Å². The number of carbonyl (C=O) groups excluding carboxylic acids is 2. The van der Waals surface area contributed by atoms with E-state index in [1.165, 1.54) is 24.3 Å². The Hall–Kier alpha value is -1.38. The second kappa shape index (κ2) is 9.83. The molecule has 1 saturated carbocycles. The Labute approximate surface area is 218 Å². The maximum Gasteiger partial charge on any atom is 1.00 e. The monoisotopic (exact) mass is 430 g/mol. The average Bonchev–Trinajstić information content (AvgIpc) is 3.16. The summed E-state index contributed by atoms with van der Waals surface area (Å²) in [5, 5.41) is 10.5. The Kier molecular flexibility index (Phi) is 7.63. The van der Waals surface area contributed by atoms with Gasteiger partial charge in [0, 0.05) is 19.0 Å². The molecule has 4 rings (SSSR count). The number of nitrogens with two attached hydrogens (primary N) is 1. The topological polar surface area (TPSA) is 85.7 Å². The first-order valence-electron chi connectivity index (χ1n) is 9.92. The summed E-state index contributed by atoms with van der Waals surface area (Å²) in [5.41, 5.74) is 7.89. The number of hydrogen-bond donors (Lipinski definition) is 1. The number of nitrogen functional groups attached to an aromatic ring is 1. The molecule has 2 N–H and O–H groups in total. The van der Waals surface area contributed by atoms with Crippen molar-refractivity contribution in [2.75, 3.05) is 5.73 Å². The van der Waals surface area contributed by atoms with Crippen LogP contribution in [0.15, 0.2) is 30.3 Å². The van der Waals surface area contributed by atoms with E-state index in [1.807, 2.05) is 0 Å². The van der Waals surface area contributed by atoms with Gasteiger partial charge in [-0.2, -0.15) is 11.3 Å². The Morgan fingerprint density at radius 2 is 1.80 bits per heavy atom. The Balaban J connectivity index is 0.00000256. The average molecular weight is 431 g/mol. The van der Waals surface area contributed by atoms with Gasteiger partial charge in [-0.25, -0.2) is 4.39 Å². The van der Waals surface area contributed by atoms with Gasteiger partial charge in [0.15, 0.2) is 0 Å². The molecule has 0 atom stereocenters. The molecule has 0 radical (unpaired) electrons. The molecule has 0 bridgehead atoms. The Morgan fingerprint density at radius 1 is 1.10 bits per heavy atom. The van der Waals surface area contributed by atoms with Gasteiger partial charge in [0.2, 0.25) is 5.91 Å². The quantitative estimate of drug-likeness (QED) is 0.338. The first-order valence-corrected chi connectivity index (χ1v) is 9.92. The van der Waals surface area contributed by atoms with Crippen molar-refractivity contribution in [2.24, 2.45) is 5.92 Å². The predicted octanol–water partition coefficient (Wildman–Crippen LogP) is 0.876. The molecule has 0 saturated heterocycles. The zero-order chi connectivity index (χ0) is 20.5. The molecule has 1 amide bonds. The van der Waals surface area contributed by atoms with Gasteiger partial charge in [0.1, 0.15) is 11.6 Å². The number of amides is 1. The largest absolute Gasteiger partial charge is 1.00 e. The van der Waals surface area contributed by atoms with Crippen molar-refractivity contribution in [3.8, 4) is 0 Å². The maximum absolute atomic E-state index is 13.5. The normalized spacial score (nSPS) is 16.0. The van der Waals surface area contributed by atoms with Crippen LogP contribution in [0, 0.1) is 17.8 Å². The number of benzene rings is 2. The molecule has 150 valence electrons. The van der Waals surface area contributed by atoms with E-state index >= 15 is 0 Å². The fraction of sp³-hybridized carbons (Fsp3) is 0.348.